The van der Waals surface area contributed by atoms with Gasteiger partial charge in [0.15, 0.2) is 9.84 Å². The Morgan fingerprint density at radius 1 is 1.12 bits per heavy atom. The number of hydrogen-bond donors (Lipinski definition) is 1. The van der Waals surface area contributed by atoms with E-state index in [0.717, 1.165) is 17.7 Å². The van der Waals surface area contributed by atoms with Gasteiger partial charge in [0.25, 0.3) is 0 Å². The lowest BCUT2D eigenvalue weighted by Crippen LogP contribution is -2.48. The molecule has 2 N–H and O–H groups in total. The number of alkyl halides is 3. The van der Waals surface area contributed by atoms with E-state index in [2.05, 4.69) is 0 Å². The predicted octanol–water partition coefficient (Wildman–Crippen LogP) is 5.24. The van der Waals surface area contributed by atoms with Crippen LogP contribution in [0, 0.1) is 5.92 Å². The molecule has 10 heteroatoms. The molecular weight excluding hydrogens is 489 g/mol. The van der Waals surface area contributed by atoms with Crippen LogP contribution in [0.2, 0.25) is 5.02 Å². The maximum atomic E-state index is 13.3. The second-order valence-corrected chi connectivity index (χ2v) is 12.1. The van der Waals surface area contributed by atoms with Crippen LogP contribution < -0.4 is 5.73 Å². The molecule has 1 fully saturated rings. The average molecular weight is 517 g/mol. The molecule has 1 atom stereocenters. The van der Waals surface area contributed by atoms with Gasteiger partial charge in [0.05, 0.1) is 15.2 Å². The number of likely N-dealkylation sites (tertiary alicyclic amines) is 1. The number of nitrogens with zero attached hydrogens (tertiary/aromatic N) is 1. The maximum absolute atomic E-state index is 13.3. The van der Waals surface area contributed by atoms with Crippen LogP contribution in [-0.2, 0) is 20.8 Å². The largest absolute Gasteiger partial charge is 0.416 e. The number of halogens is 4. The summed E-state index contributed by atoms with van der Waals surface area (Å²) in [5.41, 5.74) is 5.96. The topological polar surface area (TPSA) is 80.5 Å². The van der Waals surface area contributed by atoms with Gasteiger partial charge in [0.1, 0.15) is 0 Å². The van der Waals surface area contributed by atoms with Crippen molar-refractivity contribution < 1.29 is 26.4 Å². The second-order valence-electron chi connectivity index (χ2n) is 9.15. The fourth-order valence-electron chi connectivity index (χ4n) is 4.33. The van der Waals surface area contributed by atoms with Gasteiger partial charge in [0.2, 0.25) is 5.91 Å². The number of rotatable bonds is 6. The highest BCUT2D eigenvalue weighted by atomic mass is 35.5. The highest BCUT2D eigenvalue weighted by Gasteiger charge is 2.45. The molecule has 0 spiro atoms. The van der Waals surface area contributed by atoms with Crippen molar-refractivity contribution in [1.82, 2.24) is 4.90 Å². The molecule has 186 valence electrons. The van der Waals surface area contributed by atoms with E-state index < -0.39 is 32.4 Å². The molecule has 1 aliphatic rings. The quantitative estimate of drug-likeness (QED) is 0.569. The van der Waals surface area contributed by atoms with E-state index in [-0.39, 0.29) is 23.1 Å². The fourth-order valence-corrected chi connectivity index (χ4v) is 6.28. The van der Waals surface area contributed by atoms with Gasteiger partial charge in [-0.25, -0.2) is 8.42 Å². The molecule has 1 amide bonds. The SMILES string of the molecule is CC(C)(C1CCN(C(=O)CC(N)c2ccc(Cl)cc2)CC1)S(=O)(=O)c1cccc(C(F)(F)F)c1. The summed E-state index contributed by atoms with van der Waals surface area (Å²) in [6, 6.07) is 10.3. The minimum absolute atomic E-state index is 0.109. The van der Waals surface area contributed by atoms with Gasteiger partial charge < -0.3 is 10.6 Å². The van der Waals surface area contributed by atoms with E-state index in [1.165, 1.54) is 6.07 Å². The number of sulfone groups is 1. The van der Waals surface area contributed by atoms with Gasteiger partial charge in [0, 0.05) is 30.6 Å². The molecule has 5 nitrogen and oxygen atoms in total. The van der Waals surface area contributed by atoms with Crippen LogP contribution in [-0.4, -0.2) is 37.1 Å². The Hall–Kier alpha value is -2.10. The number of benzene rings is 2. The summed E-state index contributed by atoms with van der Waals surface area (Å²) in [5, 5.41) is 0.576. The Morgan fingerprint density at radius 2 is 1.71 bits per heavy atom. The van der Waals surface area contributed by atoms with Crippen molar-refractivity contribution in [3.8, 4) is 0 Å². The highest BCUT2D eigenvalue weighted by molar-refractivity contribution is 7.92. The van der Waals surface area contributed by atoms with Gasteiger partial charge in [-0.1, -0.05) is 29.8 Å². The molecule has 2 aromatic rings. The van der Waals surface area contributed by atoms with Crippen LogP contribution in [0.25, 0.3) is 0 Å². The van der Waals surface area contributed by atoms with E-state index in [1.54, 1.807) is 43.0 Å². The minimum atomic E-state index is -4.63. The monoisotopic (exact) mass is 516 g/mol. The summed E-state index contributed by atoms with van der Waals surface area (Å²) in [6.45, 7) is 3.80. The summed E-state index contributed by atoms with van der Waals surface area (Å²) < 4.78 is 64.6. The lowest BCUT2D eigenvalue weighted by molar-refractivity contribution is -0.137. The zero-order chi connectivity index (χ0) is 25.3. The molecule has 0 bridgehead atoms. The summed E-state index contributed by atoms with van der Waals surface area (Å²) >= 11 is 5.88. The Labute approximate surface area is 203 Å². The van der Waals surface area contributed by atoms with E-state index in [9.17, 15) is 26.4 Å². The maximum Gasteiger partial charge on any atom is 0.416 e. The number of carbonyl (C=O) groups excluding carboxylic acids is 1. The molecule has 0 saturated carbocycles. The summed E-state index contributed by atoms with van der Waals surface area (Å²) in [4.78, 5) is 14.1. The van der Waals surface area contributed by atoms with Crippen LogP contribution in [0.1, 0.15) is 50.3 Å². The number of piperidine rings is 1. The smallest absolute Gasteiger partial charge is 0.343 e. The van der Waals surface area contributed by atoms with Crippen molar-refractivity contribution in [3.05, 3.63) is 64.7 Å². The van der Waals surface area contributed by atoms with Crippen LogP contribution in [0.4, 0.5) is 13.2 Å². The number of nitrogens with two attached hydrogens (primary N) is 1. The van der Waals surface area contributed by atoms with Crippen LogP contribution in [0.5, 0.6) is 0 Å². The first kappa shape index (κ1) is 26.5. The third kappa shape index (κ3) is 5.58. The third-order valence-corrected chi connectivity index (χ3v) is 9.53. The van der Waals surface area contributed by atoms with Crippen LogP contribution >= 0.6 is 11.6 Å². The summed E-state index contributed by atoms with van der Waals surface area (Å²) in [6.07, 6.45) is -3.67. The molecule has 1 saturated heterocycles. The standard InChI is InChI=1S/C24H28ClF3N2O3S/c1-23(2,34(32,33)20-5-3-4-18(14-20)24(26,27)28)17-10-12-30(13-11-17)22(31)15-21(29)16-6-8-19(25)9-7-16/h3-9,14,17,21H,10-13,15,29H2,1-2H3. The van der Waals surface area contributed by atoms with Crippen LogP contribution in [0.3, 0.4) is 0 Å². The molecule has 0 radical (unpaired) electrons. The Morgan fingerprint density at radius 3 is 2.26 bits per heavy atom. The molecule has 1 aliphatic heterocycles. The summed E-state index contributed by atoms with van der Waals surface area (Å²) in [5.74, 6) is -0.444. The molecule has 2 aromatic carbocycles. The lowest BCUT2D eigenvalue weighted by atomic mass is 9.85. The Bertz CT molecular complexity index is 1130. The average Bonchev–Trinajstić information content (AvgIpc) is 2.79. The van der Waals surface area contributed by atoms with Crippen molar-refractivity contribution in [2.75, 3.05) is 13.1 Å². The number of hydrogen-bond acceptors (Lipinski definition) is 4. The summed E-state index contributed by atoms with van der Waals surface area (Å²) in [7, 11) is -4.05. The minimum Gasteiger partial charge on any atom is -0.343 e. The van der Waals surface area contributed by atoms with E-state index in [0.29, 0.717) is 37.0 Å². The molecule has 1 heterocycles. The van der Waals surface area contributed by atoms with Gasteiger partial charge >= 0.3 is 6.18 Å². The molecular formula is C24H28ClF3N2O3S. The molecule has 34 heavy (non-hydrogen) atoms. The van der Waals surface area contributed by atoms with Crippen molar-refractivity contribution in [1.29, 1.82) is 0 Å². The van der Waals surface area contributed by atoms with E-state index >= 15 is 0 Å². The molecule has 3 rings (SSSR count). The number of carbonyl (C=O) groups is 1. The van der Waals surface area contributed by atoms with Gasteiger partial charge in [-0.3, -0.25) is 4.79 Å². The van der Waals surface area contributed by atoms with Crippen LogP contribution in [0.15, 0.2) is 53.4 Å². The first-order valence-corrected chi connectivity index (χ1v) is 12.8. The normalized spacial score (nSPS) is 17.0. The molecule has 0 aliphatic carbocycles. The van der Waals surface area contributed by atoms with E-state index in [4.69, 9.17) is 17.3 Å². The Kier molecular flexibility index (Phi) is 7.70. The van der Waals surface area contributed by atoms with Crippen molar-refractivity contribution >= 4 is 27.3 Å². The Balaban J connectivity index is 1.66. The predicted molar refractivity (Wildman–Crippen MR) is 125 cm³/mol. The fraction of sp³-hybridized carbons (Fsp3) is 0.458. The van der Waals surface area contributed by atoms with Crippen molar-refractivity contribution in [2.24, 2.45) is 11.7 Å². The van der Waals surface area contributed by atoms with Crippen molar-refractivity contribution in [2.45, 2.75) is 55.0 Å². The van der Waals surface area contributed by atoms with Crippen molar-refractivity contribution in [3.63, 3.8) is 0 Å². The third-order valence-electron chi connectivity index (χ3n) is 6.69. The highest BCUT2D eigenvalue weighted by Crippen LogP contribution is 2.39. The second kappa shape index (κ2) is 9.87. The number of amides is 1. The first-order chi connectivity index (χ1) is 15.7. The lowest BCUT2D eigenvalue weighted by Gasteiger charge is -2.40. The molecule has 1 unspecified atom stereocenters. The zero-order valence-electron chi connectivity index (χ0n) is 19.0. The van der Waals surface area contributed by atoms with Gasteiger partial charge in [-0.05, 0) is 68.5 Å². The van der Waals surface area contributed by atoms with E-state index in [1.807, 2.05) is 0 Å². The zero-order valence-corrected chi connectivity index (χ0v) is 20.6. The molecule has 0 aromatic heterocycles. The van der Waals surface area contributed by atoms with Gasteiger partial charge in [-0.15, -0.1) is 0 Å². The first-order valence-electron chi connectivity index (χ1n) is 10.9. The van der Waals surface area contributed by atoms with Gasteiger partial charge in [-0.2, -0.15) is 13.2 Å².